The third-order valence-corrected chi connectivity index (χ3v) is 4.21. The fourth-order valence-corrected chi connectivity index (χ4v) is 3.16. The Morgan fingerprint density at radius 3 is 2.73 bits per heavy atom. The first-order valence-corrected chi connectivity index (χ1v) is 5.84. The maximum Gasteiger partial charge on any atom is 0.123 e. The molecule has 0 N–H and O–H groups in total. The van der Waals surface area contributed by atoms with Crippen LogP contribution in [0.1, 0.15) is 33.1 Å². The van der Waals surface area contributed by atoms with E-state index in [0.717, 1.165) is 25.5 Å². The second-order valence-corrected chi connectivity index (χ2v) is 5.40. The van der Waals surface area contributed by atoms with Gasteiger partial charge in [0.05, 0.1) is 11.7 Å². The van der Waals surface area contributed by atoms with Crippen molar-refractivity contribution in [3.05, 3.63) is 12.7 Å². The summed E-state index contributed by atoms with van der Waals surface area (Å²) in [7, 11) is 0. The molecule has 0 amide bonds. The molecule has 0 aromatic carbocycles. The van der Waals surface area contributed by atoms with Crippen LogP contribution in [0.2, 0.25) is 0 Å². The van der Waals surface area contributed by atoms with Crippen molar-refractivity contribution in [1.29, 1.82) is 0 Å². The Hall–Kier alpha value is -0.630. The van der Waals surface area contributed by atoms with Gasteiger partial charge in [-0.15, -0.1) is 6.58 Å². The molecule has 2 aliphatic rings. The molecule has 0 unspecified atom stereocenters. The van der Waals surface area contributed by atoms with Crippen LogP contribution in [0.25, 0.3) is 0 Å². The maximum absolute atomic E-state index is 11.0. The van der Waals surface area contributed by atoms with E-state index in [1.807, 2.05) is 6.08 Å². The highest BCUT2D eigenvalue weighted by molar-refractivity contribution is 5.54. The molecule has 4 atom stereocenters. The molecule has 0 spiro atoms. The molecule has 2 rings (SSSR count). The van der Waals surface area contributed by atoms with Crippen molar-refractivity contribution in [3.63, 3.8) is 0 Å². The van der Waals surface area contributed by atoms with Gasteiger partial charge in [0.1, 0.15) is 6.29 Å². The highest BCUT2D eigenvalue weighted by Gasteiger charge is 2.47. The van der Waals surface area contributed by atoms with Crippen LogP contribution in [0.5, 0.6) is 0 Å². The van der Waals surface area contributed by atoms with Crippen LogP contribution in [0, 0.1) is 17.8 Å². The van der Waals surface area contributed by atoms with Crippen molar-refractivity contribution in [3.8, 4) is 0 Å². The molecule has 1 aliphatic carbocycles. The van der Waals surface area contributed by atoms with E-state index < -0.39 is 0 Å². The molecular weight excluding hydrogens is 188 g/mol. The highest BCUT2D eigenvalue weighted by Crippen LogP contribution is 2.47. The van der Waals surface area contributed by atoms with E-state index in [-0.39, 0.29) is 17.6 Å². The number of ether oxygens (including phenoxy) is 1. The predicted octanol–water partition coefficient (Wildman–Crippen LogP) is 2.58. The summed E-state index contributed by atoms with van der Waals surface area (Å²) in [6.07, 6.45) is 6.30. The van der Waals surface area contributed by atoms with Gasteiger partial charge in [-0.25, -0.2) is 0 Å². The van der Waals surface area contributed by atoms with E-state index >= 15 is 0 Å². The van der Waals surface area contributed by atoms with Gasteiger partial charge in [-0.3, -0.25) is 0 Å². The Labute approximate surface area is 91.7 Å². The van der Waals surface area contributed by atoms with Crippen LogP contribution in [-0.4, -0.2) is 18.0 Å². The first-order chi connectivity index (χ1) is 7.08. The average Bonchev–Trinajstić information content (AvgIpc) is 2.24. The number of aldehydes is 1. The Morgan fingerprint density at radius 1 is 1.40 bits per heavy atom. The molecule has 2 bridgehead atoms. The minimum Gasteiger partial charge on any atom is -0.368 e. The van der Waals surface area contributed by atoms with Gasteiger partial charge >= 0.3 is 0 Å². The summed E-state index contributed by atoms with van der Waals surface area (Å²) in [4.78, 5) is 11.0. The number of rotatable bonds is 2. The van der Waals surface area contributed by atoms with Crippen LogP contribution in [0.15, 0.2) is 12.7 Å². The molecule has 1 saturated carbocycles. The third kappa shape index (κ3) is 1.76. The average molecular weight is 208 g/mol. The zero-order valence-corrected chi connectivity index (χ0v) is 9.61. The molecule has 2 heteroatoms. The zero-order valence-electron chi connectivity index (χ0n) is 9.61. The Bertz CT molecular complexity index is 270. The van der Waals surface area contributed by atoms with Crippen LogP contribution in [0.4, 0.5) is 0 Å². The predicted molar refractivity (Wildman–Crippen MR) is 59.5 cm³/mol. The van der Waals surface area contributed by atoms with E-state index in [1.54, 1.807) is 0 Å². The summed E-state index contributed by atoms with van der Waals surface area (Å²) >= 11 is 0. The second-order valence-electron chi connectivity index (χ2n) is 5.40. The second kappa shape index (κ2) is 3.75. The van der Waals surface area contributed by atoms with Crippen molar-refractivity contribution in [2.45, 2.75) is 44.8 Å². The third-order valence-electron chi connectivity index (χ3n) is 4.21. The number of carbonyl (C=O) groups is 1. The van der Waals surface area contributed by atoms with E-state index in [4.69, 9.17) is 4.74 Å². The molecule has 1 aliphatic heterocycles. The van der Waals surface area contributed by atoms with E-state index in [1.165, 1.54) is 0 Å². The summed E-state index contributed by atoms with van der Waals surface area (Å²) in [6.45, 7) is 8.14. The fraction of sp³-hybridized carbons (Fsp3) is 0.769. The van der Waals surface area contributed by atoms with Crippen LogP contribution >= 0.6 is 0 Å². The first kappa shape index (κ1) is 10.9. The Balaban J connectivity index is 2.22. The Morgan fingerprint density at radius 2 is 2.13 bits per heavy atom. The molecule has 0 radical (unpaired) electrons. The normalized spacial score (nSPS) is 43.3. The molecule has 2 fully saturated rings. The van der Waals surface area contributed by atoms with Crippen molar-refractivity contribution in [1.82, 2.24) is 0 Å². The van der Waals surface area contributed by atoms with Gasteiger partial charge < -0.3 is 9.53 Å². The van der Waals surface area contributed by atoms with Crippen molar-refractivity contribution >= 4 is 6.29 Å². The summed E-state index contributed by atoms with van der Waals surface area (Å²) in [5.41, 5.74) is -0.0524. The van der Waals surface area contributed by atoms with Gasteiger partial charge in [0, 0.05) is 5.92 Å². The summed E-state index contributed by atoms with van der Waals surface area (Å²) < 4.78 is 6.05. The lowest BCUT2D eigenvalue weighted by Gasteiger charge is -2.51. The minimum absolute atomic E-state index is 0.0524. The van der Waals surface area contributed by atoms with Crippen molar-refractivity contribution < 1.29 is 9.53 Å². The van der Waals surface area contributed by atoms with Gasteiger partial charge in [0.2, 0.25) is 0 Å². The zero-order chi connectivity index (χ0) is 11.1. The van der Waals surface area contributed by atoms with Gasteiger partial charge in [0.15, 0.2) is 0 Å². The quantitative estimate of drug-likeness (QED) is 0.515. The van der Waals surface area contributed by atoms with Gasteiger partial charge in [-0.05, 0) is 44.9 Å². The van der Waals surface area contributed by atoms with E-state index in [2.05, 4.69) is 20.4 Å². The standard InChI is InChI=1S/C13H20O2/c1-4-12-11-7-10(13(2,3)15-12)6-5-9(11)8-14/h4,8-12H,1,5-7H2,2-3H3/t9-,10+,11+,12-/m1/s1. The van der Waals surface area contributed by atoms with E-state index in [9.17, 15) is 4.79 Å². The first-order valence-electron chi connectivity index (χ1n) is 5.84. The van der Waals surface area contributed by atoms with Crippen molar-refractivity contribution in [2.75, 3.05) is 0 Å². The Kier molecular flexibility index (Phi) is 2.72. The fourth-order valence-electron chi connectivity index (χ4n) is 3.16. The maximum atomic E-state index is 11.0. The smallest absolute Gasteiger partial charge is 0.123 e. The summed E-state index contributed by atoms with van der Waals surface area (Å²) in [5, 5.41) is 0. The number of carbonyl (C=O) groups excluding carboxylic acids is 1. The largest absolute Gasteiger partial charge is 0.368 e. The number of fused-ring (bicyclic) bond motifs is 2. The summed E-state index contributed by atoms with van der Waals surface area (Å²) in [6, 6.07) is 0. The molecule has 84 valence electrons. The molecule has 0 aromatic heterocycles. The molecule has 1 heterocycles. The topological polar surface area (TPSA) is 26.3 Å². The number of hydrogen-bond donors (Lipinski definition) is 0. The molecule has 15 heavy (non-hydrogen) atoms. The molecular formula is C13H20O2. The monoisotopic (exact) mass is 208 g/mol. The highest BCUT2D eigenvalue weighted by atomic mass is 16.5. The lowest BCUT2D eigenvalue weighted by atomic mass is 9.65. The molecule has 1 saturated heterocycles. The van der Waals surface area contributed by atoms with Gasteiger partial charge in [0.25, 0.3) is 0 Å². The van der Waals surface area contributed by atoms with Crippen LogP contribution in [-0.2, 0) is 9.53 Å². The van der Waals surface area contributed by atoms with Gasteiger partial charge in [-0.2, -0.15) is 0 Å². The lowest BCUT2D eigenvalue weighted by Crippen LogP contribution is -2.51. The van der Waals surface area contributed by atoms with Gasteiger partial charge in [-0.1, -0.05) is 6.08 Å². The van der Waals surface area contributed by atoms with Crippen molar-refractivity contribution in [2.24, 2.45) is 17.8 Å². The summed E-state index contributed by atoms with van der Waals surface area (Å²) in [5.74, 6) is 1.15. The lowest BCUT2D eigenvalue weighted by molar-refractivity contribution is -0.178. The SMILES string of the molecule is C=C[C@H]1OC(C)(C)[C@H]2CC[C@H](C=O)[C@@H]1C2. The molecule has 0 aromatic rings. The minimum atomic E-state index is -0.0524. The van der Waals surface area contributed by atoms with Crippen LogP contribution in [0.3, 0.4) is 0 Å². The van der Waals surface area contributed by atoms with Crippen LogP contribution < -0.4 is 0 Å². The number of hydrogen-bond acceptors (Lipinski definition) is 2. The molecule has 2 nitrogen and oxygen atoms in total. The van der Waals surface area contributed by atoms with E-state index in [0.29, 0.717) is 11.8 Å².